The molecule has 4 heteroatoms. The second-order valence-corrected chi connectivity index (χ2v) is 4.36. The lowest BCUT2D eigenvalue weighted by atomic mass is 10.0. The van der Waals surface area contributed by atoms with Crippen LogP contribution in [0.5, 0.6) is 0 Å². The molecule has 0 aromatic carbocycles. The summed E-state index contributed by atoms with van der Waals surface area (Å²) in [6, 6.07) is 0.640. The Balaban J connectivity index is 2.34. The molecule has 0 bridgehead atoms. The Hall–Kier alpha value is -0.350. The van der Waals surface area contributed by atoms with Gasteiger partial charge in [-0.1, -0.05) is 6.92 Å². The van der Waals surface area contributed by atoms with E-state index in [0.717, 1.165) is 18.2 Å². The minimum absolute atomic E-state index is 0.640. The van der Waals surface area contributed by atoms with E-state index in [9.17, 15) is 0 Å². The van der Waals surface area contributed by atoms with E-state index in [0.29, 0.717) is 12.6 Å². The van der Waals surface area contributed by atoms with Crippen LogP contribution in [0.15, 0.2) is 0 Å². The van der Waals surface area contributed by atoms with Crippen LogP contribution >= 0.6 is 12.2 Å². The summed E-state index contributed by atoms with van der Waals surface area (Å²) in [4.78, 5) is 2.34. The maximum absolute atomic E-state index is 5.39. The van der Waals surface area contributed by atoms with Gasteiger partial charge in [-0.15, -0.1) is 0 Å². The number of nitrogens with zero attached hydrogens (tertiary/aromatic N) is 1. The van der Waals surface area contributed by atoms with Crippen molar-refractivity contribution in [1.82, 2.24) is 10.2 Å². The van der Waals surface area contributed by atoms with Gasteiger partial charge in [0.25, 0.3) is 0 Å². The minimum atomic E-state index is 0.640. The molecule has 1 fully saturated rings. The number of methoxy groups -OCH3 is 1. The summed E-state index contributed by atoms with van der Waals surface area (Å²) >= 11 is 5.39. The molecule has 0 amide bonds. The SMILES string of the molecule is CCC1CCCCN1C(=S)NCCOC. The van der Waals surface area contributed by atoms with Gasteiger partial charge in [-0.05, 0) is 37.9 Å². The van der Waals surface area contributed by atoms with E-state index < -0.39 is 0 Å². The molecular weight excluding hydrogens is 208 g/mol. The molecule has 0 aliphatic carbocycles. The van der Waals surface area contributed by atoms with E-state index >= 15 is 0 Å². The minimum Gasteiger partial charge on any atom is -0.383 e. The average molecular weight is 230 g/mol. The molecule has 1 aliphatic heterocycles. The fourth-order valence-corrected chi connectivity index (χ4v) is 2.40. The van der Waals surface area contributed by atoms with Crippen LogP contribution in [0.4, 0.5) is 0 Å². The summed E-state index contributed by atoms with van der Waals surface area (Å²) in [6.07, 6.45) is 5.08. The molecule has 0 saturated carbocycles. The lowest BCUT2D eigenvalue weighted by Crippen LogP contribution is -2.48. The summed E-state index contributed by atoms with van der Waals surface area (Å²) in [7, 11) is 1.71. The molecule has 1 aliphatic rings. The van der Waals surface area contributed by atoms with Crippen molar-refractivity contribution < 1.29 is 4.74 Å². The third-order valence-electron chi connectivity index (χ3n) is 2.94. The highest BCUT2D eigenvalue weighted by atomic mass is 32.1. The molecule has 1 N–H and O–H groups in total. The standard InChI is InChI=1S/C11H22N2OS/c1-3-10-6-4-5-8-13(10)11(15)12-7-9-14-2/h10H,3-9H2,1-2H3,(H,12,15). The van der Waals surface area contributed by atoms with Gasteiger partial charge in [0.1, 0.15) is 0 Å². The molecule has 15 heavy (non-hydrogen) atoms. The van der Waals surface area contributed by atoms with Gasteiger partial charge in [0.15, 0.2) is 5.11 Å². The number of piperidine rings is 1. The Bertz CT molecular complexity index is 199. The Morgan fingerprint density at radius 2 is 2.33 bits per heavy atom. The molecule has 3 nitrogen and oxygen atoms in total. The topological polar surface area (TPSA) is 24.5 Å². The van der Waals surface area contributed by atoms with Crippen molar-refractivity contribution in [3.05, 3.63) is 0 Å². The van der Waals surface area contributed by atoms with Crippen LogP contribution in [-0.4, -0.2) is 42.9 Å². The first-order valence-corrected chi connectivity index (χ1v) is 6.23. The van der Waals surface area contributed by atoms with Gasteiger partial charge in [-0.25, -0.2) is 0 Å². The highest BCUT2D eigenvalue weighted by molar-refractivity contribution is 7.80. The molecule has 0 radical (unpaired) electrons. The normalized spacial score (nSPS) is 21.5. The smallest absolute Gasteiger partial charge is 0.169 e. The van der Waals surface area contributed by atoms with E-state index in [4.69, 9.17) is 17.0 Å². The third-order valence-corrected chi connectivity index (χ3v) is 3.32. The van der Waals surface area contributed by atoms with Crippen molar-refractivity contribution in [2.45, 2.75) is 38.6 Å². The second kappa shape index (κ2) is 7.01. The number of rotatable bonds is 4. The molecule has 1 heterocycles. The van der Waals surface area contributed by atoms with Gasteiger partial charge in [0, 0.05) is 26.2 Å². The van der Waals surface area contributed by atoms with E-state index in [1.54, 1.807) is 7.11 Å². The van der Waals surface area contributed by atoms with Crippen LogP contribution in [0, 0.1) is 0 Å². The van der Waals surface area contributed by atoms with E-state index in [-0.39, 0.29) is 0 Å². The van der Waals surface area contributed by atoms with E-state index in [1.165, 1.54) is 25.7 Å². The summed E-state index contributed by atoms with van der Waals surface area (Å²) in [5.74, 6) is 0. The quantitative estimate of drug-likeness (QED) is 0.588. The maximum atomic E-state index is 5.39. The zero-order chi connectivity index (χ0) is 11.1. The van der Waals surface area contributed by atoms with Crippen LogP contribution in [0.1, 0.15) is 32.6 Å². The van der Waals surface area contributed by atoms with Crippen LogP contribution in [-0.2, 0) is 4.74 Å². The molecule has 0 spiro atoms. The van der Waals surface area contributed by atoms with Crippen molar-refractivity contribution in [3.8, 4) is 0 Å². The summed E-state index contributed by atoms with van der Waals surface area (Å²) in [5, 5.41) is 4.15. The van der Waals surface area contributed by atoms with Gasteiger partial charge < -0.3 is 15.0 Å². The van der Waals surface area contributed by atoms with Crippen LogP contribution < -0.4 is 5.32 Å². The molecule has 0 aromatic heterocycles. The molecule has 1 unspecified atom stereocenters. The third kappa shape index (κ3) is 3.95. The maximum Gasteiger partial charge on any atom is 0.169 e. The van der Waals surface area contributed by atoms with Crippen molar-refractivity contribution in [3.63, 3.8) is 0 Å². The highest BCUT2D eigenvalue weighted by Crippen LogP contribution is 2.19. The number of likely N-dealkylation sites (tertiary alicyclic amines) is 1. The summed E-state index contributed by atoms with van der Waals surface area (Å²) < 4.78 is 4.99. The lowest BCUT2D eigenvalue weighted by Gasteiger charge is -2.37. The number of ether oxygens (including phenoxy) is 1. The van der Waals surface area contributed by atoms with E-state index in [1.807, 2.05) is 0 Å². The van der Waals surface area contributed by atoms with Crippen LogP contribution in [0.25, 0.3) is 0 Å². The average Bonchev–Trinajstić information content (AvgIpc) is 2.29. The zero-order valence-corrected chi connectivity index (χ0v) is 10.6. The van der Waals surface area contributed by atoms with E-state index in [2.05, 4.69) is 17.1 Å². The van der Waals surface area contributed by atoms with Crippen molar-refractivity contribution in [2.75, 3.05) is 26.8 Å². The Labute approximate surface area is 98.2 Å². The van der Waals surface area contributed by atoms with Crippen LogP contribution in [0.3, 0.4) is 0 Å². The zero-order valence-electron chi connectivity index (χ0n) is 9.79. The first-order valence-electron chi connectivity index (χ1n) is 5.83. The first-order chi connectivity index (χ1) is 7.29. The fourth-order valence-electron chi connectivity index (χ4n) is 2.05. The summed E-state index contributed by atoms with van der Waals surface area (Å²) in [5.41, 5.74) is 0. The molecule has 1 saturated heterocycles. The first kappa shape index (κ1) is 12.7. The van der Waals surface area contributed by atoms with Crippen molar-refractivity contribution in [1.29, 1.82) is 0 Å². The predicted molar refractivity (Wildman–Crippen MR) is 67.1 cm³/mol. The number of hydrogen-bond donors (Lipinski definition) is 1. The predicted octanol–water partition coefficient (Wildman–Crippen LogP) is 1.77. The van der Waals surface area contributed by atoms with Crippen LogP contribution in [0.2, 0.25) is 0 Å². The molecular formula is C11H22N2OS. The number of thiocarbonyl (C=S) groups is 1. The molecule has 1 atom stereocenters. The Kier molecular flexibility index (Phi) is 5.95. The second-order valence-electron chi connectivity index (χ2n) is 3.98. The van der Waals surface area contributed by atoms with Gasteiger partial charge in [0.05, 0.1) is 6.61 Å². The monoisotopic (exact) mass is 230 g/mol. The van der Waals surface area contributed by atoms with Gasteiger partial charge in [-0.3, -0.25) is 0 Å². The van der Waals surface area contributed by atoms with Crippen molar-refractivity contribution >= 4 is 17.3 Å². The van der Waals surface area contributed by atoms with Gasteiger partial charge in [0.2, 0.25) is 0 Å². The number of hydrogen-bond acceptors (Lipinski definition) is 2. The van der Waals surface area contributed by atoms with Crippen molar-refractivity contribution in [2.24, 2.45) is 0 Å². The largest absolute Gasteiger partial charge is 0.383 e. The molecule has 0 aromatic rings. The molecule has 88 valence electrons. The highest BCUT2D eigenvalue weighted by Gasteiger charge is 2.22. The Morgan fingerprint density at radius 3 is 3.00 bits per heavy atom. The molecule has 1 rings (SSSR count). The summed E-state index contributed by atoms with van der Waals surface area (Å²) in [6.45, 7) is 4.87. The lowest BCUT2D eigenvalue weighted by molar-refractivity contribution is 0.198. The van der Waals surface area contributed by atoms with Gasteiger partial charge >= 0.3 is 0 Å². The van der Waals surface area contributed by atoms with Gasteiger partial charge in [-0.2, -0.15) is 0 Å². The number of nitrogens with one attached hydrogen (secondary N) is 1. The Morgan fingerprint density at radius 1 is 1.53 bits per heavy atom. The fraction of sp³-hybridized carbons (Fsp3) is 0.909.